The number of likely N-dealkylation sites (tertiary alicyclic amines) is 1. The second-order valence-electron chi connectivity index (χ2n) is 8.26. The van der Waals surface area contributed by atoms with Crippen LogP contribution < -0.4 is 5.32 Å². The maximum Gasteiger partial charge on any atom is 0.321 e. The zero-order chi connectivity index (χ0) is 18.0. The second-order valence-corrected chi connectivity index (χ2v) is 8.26. The fraction of sp³-hybridized carbons (Fsp3) is 0.667. The lowest BCUT2D eigenvalue weighted by atomic mass is 9.80. The van der Waals surface area contributed by atoms with Gasteiger partial charge in [-0.15, -0.1) is 0 Å². The zero-order valence-corrected chi connectivity index (χ0v) is 15.9. The van der Waals surface area contributed by atoms with Crippen LogP contribution >= 0.6 is 0 Å². The Morgan fingerprint density at radius 2 is 1.73 bits per heavy atom. The molecule has 1 aromatic rings. The molecule has 5 nitrogen and oxygen atoms in total. The highest BCUT2D eigenvalue weighted by Crippen LogP contribution is 2.36. The Morgan fingerprint density at radius 3 is 2.31 bits per heavy atom. The van der Waals surface area contributed by atoms with Crippen molar-refractivity contribution < 1.29 is 9.53 Å². The van der Waals surface area contributed by atoms with Crippen molar-refractivity contribution in [1.29, 1.82) is 0 Å². The number of nitrogens with zero attached hydrogens (tertiary/aromatic N) is 2. The van der Waals surface area contributed by atoms with Crippen LogP contribution in [0.5, 0.6) is 0 Å². The van der Waals surface area contributed by atoms with Crippen molar-refractivity contribution >= 4 is 11.7 Å². The number of nitrogens with one attached hydrogen (secondary N) is 1. The third kappa shape index (κ3) is 3.74. The minimum atomic E-state index is 0.0328. The van der Waals surface area contributed by atoms with E-state index in [0.717, 1.165) is 63.8 Å². The summed E-state index contributed by atoms with van der Waals surface area (Å²) in [5.41, 5.74) is 2.51. The van der Waals surface area contributed by atoms with E-state index in [2.05, 4.69) is 29.3 Å². The van der Waals surface area contributed by atoms with Crippen molar-refractivity contribution in [3.63, 3.8) is 0 Å². The molecule has 1 aliphatic carbocycles. The van der Waals surface area contributed by atoms with Crippen molar-refractivity contribution in [1.82, 2.24) is 9.80 Å². The average Bonchev–Trinajstić information content (AvgIpc) is 2.63. The first kappa shape index (κ1) is 17.8. The van der Waals surface area contributed by atoms with Crippen molar-refractivity contribution in [3.8, 4) is 0 Å². The van der Waals surface area contributed by atoms with Crippen LogP contribution in [0.4, 0.5) is 10.5 Å². The molecular weight excluding hydrogens is 326 g/mol. The molecule has 0 bridgehead atoms. The molecular formula is C21H31N3O2. The molecule has 0 spiro atoms. The summed E-state index contributed by atoms with van der Waals surface area (Å²) in [6.45, 7) is 7.66. The summed E-state index contributed by atoms with van der Waals surface area (Å²) in [5.74, 6) is 0.736. The van der Waals surface area contributed by atoms with E-state index in [-0.39, 0.29) is 11.6 Å². The van der Waals surface area contributed by atoms with Crippen molar-refractivity contribution in [3.05, 3.63) is 29.8 Å². The lowest BCUT2D eigenvalue weighted by Gasteiger charge is -2.48. The predicted molar refractivity (Wildman–Crippen MR) is 104 cm³/mol. The summed E-state index contributed by atoms with van der Waals surface area (Å²) >= 11 is 0. The van der Waals surface area contributed by atoms with Gasteiger partial charge in [-0.2, -0.15) is 0 Å². The summed E-state index contributed by atoms with van der Waals surface area (Å²) in [6, 6.07) is 8.47. The van der Waals surface area contributed by atoms with Crippen LogP contribution in [-0.2, 0) is 4.74 Å². The predicted octanol–water partition coefficient (Wildman–Crippen LogP) is 3.67. The first-order valence-electron chi connectivity index (χ1n) is 10.1. The largest absolute Gasteiger partial charge is 0.379 e. The number of piperidine rings is 1. The molecule has 142 valence electrons. The van der Waals surface area contributed by atoms with E-state index in [4.69, 9.17) is 4.74 Å². The van der Waals surface area contributed by atoms with Crippen LogP contribution in [0.3, 0.4) is 0 Å². The molecule has 2 saturated heterocycles. The summed E-state index contributed by atoms with van der Waals surface area (Å²) in [5, 5.41) is 3.07. The van der Waals surface area contributed by atoms with E-state index < -0.39 is 0 Å². The number of hydrogen-bond donors (Lipinski definition) is 1. The lowest BCUT2D eigenvalue weighted by Crippen LogP contribution is -2.57. The molecule has 26 heavy (non-hydrogen) atoms. The molecule has 5 heteroatoms. The first-order chi connectivity index (χ1) is 12.6. The normalized spacial score (nSPS) is 24.1. The molecule has 3 aliphatic rings. The van der Waals surface area contributed by atoms with Gasteiger partial charge < -0.3 is 15.0 Å². The van der Waals surface area contributed by atoms with Gasteiger partial charge >= 0.3 is 6.03 Å². The van der Waals surface area contributed by atoms with Crippen molar-refractivity contribution in [2.45, 2.75) is 50.5 Å². The van der Waals surface area contributed by atoms with E-state index in [9.17, 15) is 4.79 Å². The Bertz CT molecular complexity index is 613. The van der Waals surface area contributed by atoms with Crippen molar-refractivity contribution in [2.24, 2.45) is 0 Å². The Balaban J connectivity index is 1.29. The number of benzene rings is 1. The smallest absolute Gasteiger partial charge is 0.321 e. The number of anilines is 1. The monoisotopic (exact) mass is 357 g/mol. The first-order valence-corrected chi connectivity index (χ1v) is 10.1. The summed E-state index contributed by atoms with van der Waals surface area (Å²) < 4.78 is 5.48. The minimum Gasteiger partial charge on any atom is -0.379 e. The van der Waals surface area contributed by atoms with Crippen LogP contribution in [0, 0.1) is 0 Å². The number of amides is 2. The number of morpholine rings is 1. The highest BCUT2D eigenvalue weighted by molar-refractivity contribution is 5.89. The minimum absolute atomic E-state index is 0.0328. The third-order valence-corrected chi connectivity index (χ3v) is 6.64. The number of urea groups is 1. The summed E-state index contributed by atoms with van der Waals surface area (Å²) in [4.78, 5) is 17.1. The van der Waals surface area contributed by atoms with Crippen LogP contribution in [0.2, 0.25) is 0 Å². The van der Waals surface area contributed by atoms with Gasteiger partial charge in [0.1, 0.15) is 0 Å². The Labute approximate surface area is 156 Å². The SMILES string of the molecule is CC1(N2CCOCC2)CCN(C(=O)Nc2ccc(C3CCC3)cc2)CC1. The van der Waals surface area contributed by atoms with Gasteiger partial charge in [-0.1, -0.05) is 18.6 Å². The Kier molecular flexibility index (Phi) is 5.18. The number of carbonyl (C=O) groups is 1. The molecule has 0 atom stereocenters. The maximum absolute atomic E-state index is 12.6. The fourth-order valence-corrected chi connectivity index (χ4v) is 4.39. The maximum atomic E-state index is 12.6. The summed E-state index contributed by atoms with van der Waals surface area (Å²) in [7, 11) is 0. The second kappa shape index (κ2) is 7.57. The topological polar surface area (TPSA) is 44.8 Å². The van der Waals surface area contributed by atoms with Crippen molar-refractivity contribution in [2.75, 3.05) is 44.7 Å². The third-order valence-electron chi connectivity index (χ3n) is 6.64. The molecule has 0 unspecified atom stereocenters. The quantitative estimate of drug-likeness (QED) is 0.898. The van der Waals surface area contributed by atoms with E-state index in [1.54, 1.807) is 0 Å². The van der Waals surface area contributed by atoms with Gasteiger partial charge in [0.2, 0.25) is 0 Å². The molecule has 2 amide bonds. The fourth-order valence-electron chi connectivity index (χ4n) is 4.39. The molecule has 3 fully saturated rings. The van der Waals surface area contributed by atoms with Crippen LogP contribution in [0.1, 0.15) is 50.5 Å². The number of rotatable bonds is 3. The van der Waals surface area contributed by atoms with E-state index in [1.165, 1.54) is 24.8 Å². The molecule has 1 N–H and O–H groups in total. The van der Waals surface area contributed by atoms with Gasteiger partial charge in [-0.25, -0.2) is 4.79 Å². The molecule has 0 aromatic heterocycles. The summed E-state index contributed by atoms with van der Waals surface area (Å²) in [6.07, 6.45) is 6.02. The van der Waals surface area contributed by atoms with E-state index in [1.807, 2.05) is 17.0 Å². The Morgan fingerprint density at radius 1 is 1.08 bits per heavy atom. The standard InChI is InChI=1S/C21H31N3O2/c1-21(24-13-15-26-16-14-24)9-11-23(12-10-21)20(25)22-19-7-5-18(6-8-19)17-3-2-4-17/h5-8,17H,2-4,9-16H2,1H3,(H,22,25). The zero-order valence-electron chi connectivity index (χ0n) is 15.9. The molecule has 1 saturated carbocycles. The van der Waals surface area contributed by atoms with Crippen LogP contribution in [0.25, 0.3) is 0 Å². The van der Waals surface area contributed by atoms with Gasteiger partial charge in [0, 0.05) is 37.4 Å². The van der Waals surface area contributed by atoms with Gasteiger partial charge in [0.25, 0.3) is 0 Å². The van der Waals surface area contributed by atoms with Gasteiger partial charge in [0.15, 0.2) is 0 Å². The van der Waals surface area contributed by atoms with Gasteiger partial charge in [-0.05, 0) is 56.2 Å². The molecule has 0 radical (unpaired) electrons. The highest BCUT2D eigenvalue weighted by atomic mass is 16.5. The number of hydrogen-bond acceptors (Lipinski definition) is 3. The van der Waals surface area contributed by atoms with Gasteiger partial charge in [-0.3, -0.25) is 4.90 Å². The van der Waals surface area contributed by atoms with Crippen LogP contribution in [-0.4, -0.2) is 60.8 Å². The molecule has 2 aliphatic heterocycles. The van der Waals surface area contributed by atoms with Crippen LogP contribution in [0.15, 0.2) is 24.3 Å². The molecule has 1 aromatic carbocycles. The van der Waals surface area contributed by atoms with E-state index >= 15 is 0 Å². The molecule has 2 heterocycles. The highest BCUT2D eigenvalue weighted by Gasteiger charge is 2.37. The molecule has 4 rings (SSSR count). The Hall–Kier alpha value is -1.59. The van der Waals surface area contributed by atoms with Gasteiger partial charge in [0.05, 0.1) is 13.2 Å². The lowest BCUT2D eigenvalue weighted by molar-refractivity contribution is -0.0352. The average molecular weight is 357 g/mol. The number of ether oxygens (including phenoxy) is 1. The number of carbonyl (C=O) groups excluding carboxylic acids is 1. The van der Waals surface area contributed by atoms with E-state index in [0.29, 0.717) is 0 Å².